The fourth-order valence-electron chi connectivity index (χ4n) is 4.72. The first kappa shape index (κ1) is 52.9. The van der Waals surface area contributed by atoms with Crippen LogP contribution in [0.1, 0.15) is 122 Å². The molecule has 3 rings (SSSR count). The van der Waals surface area contributed by atoms with E-state index in [4.69, 9.17) is 36.0 Å². The Labute approximate surface area is 368 Å². The molecule has 0 fully saturated rings. The van der Waals surface area contributed by atoms with Crippen LogP contribution < -0.4 is 14.2 Å². The van der Waals surface area contributed by atoms with E-state index in [2.05, 4.69) is 97.1 Å². The summed E-state index contributed by atoms with van der Waals surface area (Å²) >= 11 is 14.7. The lowest BCUT2D eigenvalue weighted by molar-refractivity contribution is 0.284. The molecule has 6 nitrogen and oxygen atoms in total. The predicted octanol–water partition coefficient (Wildman–Crippen LogP) is 13.8. The highest BCUT2D eigenvalue weighted by molar-refractivity contribution is 14.1. The van der Waals surface area contributed by atoms with Gasteiger partial charge in [0.2, 0.25) is 0 Å². The zero-order valence-electron chi connectivity index (χ0n) is 30.3. The summed E-state index contributed by atoms with van der Waals surface area (Å²) in [5.41, 5.74) is 3.64. The van der Waals surface area contributed by atoms with Gasteiger partial charge in [-0.2, -0.15) is 0 Å². The number of methoxy groups -OCH3 is 1. The van der Waals surface area contributed by atoms with Gasteiger partial charge < -0.3 is 29.9 Å². The van der Waals surface area contributed by atoms with Crippen molar-refractivity contribution in [2.75, 3.05) is 20.3 Å². The maximum atomic E-state index is 9.10. The Morgan fingerprint density at radius 3 is 1.45 bits per heavy atom. The second-order valence-electron chi connectivity index (χ2n) is 11.8. The molecule has 0 aromatic heterocycles. The molecule has 0 atom stereocenters. The molecule has 0 amide bonds. The average Bonchev–Trinajstić information content (AvgIpc) is 3.08. The SMILES string of the molecule is C.CCCCCCOc1cc(CCl)cc(OCCCCCC)c1CCCCCC.COc1cc(I)c(C)cc1I.O.Oc1cc(I)c(O)cc1I. The van der Waals surface area contributed by atoms with Crippen LogP contribution in [-0.2, 0) is 12.3 Å². The maximum Gasteiger partial charge on any atom is 0.133 e. The van der Waals surface area contributed by atoms with E-state index in [1.807, 2.05) is 45.2 Å². The lowest BCUT2D eigenvalue weighted by Gasteiger charge is -2.18. The van der Waals surface area contributed by atoms with E-state index >= 15 is 0 Å². The van der Waals surface area contributed by atoms with Gasteiger partial charge in [-0.15, -0.1) is 11.6 Å². The van der Waals surface area contributed by atoms with Crippen LogP contribution in [-0.4, -0.2) is 36.0 Å². The van der Waals surface area contributed by atoms with Gasteiger partial charge in [0.05, 0.1) is 31.0 Å². The predicted molar refractivity (Wildman–Crippen MR) is 252 cm³/mol. The van der Waals surface area contributed by atoms with Gasteiger partial charge in [0.15, 0.2) is 0 Å². The Morgan fingerprint density at radius 2 is 1.04 bits per heavy atom. The Kier molecular flexibility index (Phi) is 33.3. The van der Waals surface area contributed by atoms with Crippen LogP contribution in [0, 0.1) is 21.2 Å². The lowest BCUT2D eigenvalue weighted by atomic mass is 10.0. The molecular weight excluding hydrogens is 1120 g/mol. The van der Waals surface area contributed by atoms with Gasteiger partial charge in [-0.1, -0.05) is 86.0 Å². The van der Waals surface area contributed by atoms with E-state index in [-0.39, 0.29) is 24.4 Å². The van der Waals surface area contributed by atoms with E-state index in [1.54, 1.807) is 7.11 Å². The van der Waals surface area contributed by atoms with Gasteiger partial charge in [0, 0.05) is 15.0 Å². The molecule has 51 heavy (non-hydrogen) atoms. The van der Waals surface area contributed by atoms with Crippen LogP contribution in [0.5, 0.6) is 28.7 Å². The molecule has 0 aliphatic heterocycles. The van der Waals surface area contributed by atoms with Crippen molar-refractivity contribution in [3.8, 4) is 28.7 Å². The highest BCUT2D eigenvalue weighted by atomic mass is 127. The first-order valence-electron chi connectivity index (χ1n) is 17.4. The first-order valence-corrected chi connectivity index (χ1v) is 22.2. The van der Waals surface area contributed by atoms with Crippen LogP contribution in [0.25, 0.3) is 0 Å². The fourth-order valence-corrected chi connectivity index (χ4v) is 7.05. The minimum Gasteiger partial charge on any atom is -0.507 e. The highest BCUT2D eigenvalue weighted by Crippen LogP contribution is 2.34. The highest BCUT2D eigenvalue weighted by Gasteiger charge is 2.14. The van der Waals surface area contributed by atoms with Crippen LogP contribution in [0.4, 0.5) is 0 Å². The summed E-state index contributed by atoms with van der Waals surface area (Å²) in [7, 11) is 1.70. The summed E-state index contributed by atoms with van der Waals surface area (Å²) < 4.78 is 21.4. The summed E-state index contributed by atoms with van der Waals surface area (Å²) in [6.45, 7) is 10.4. The molecule has 4 N–H and O–H groups in total. The van der Waals surface area contributed by atoms with Crippen molar-refractivity contribution in [3.05, 3.63) is 67.4 Å². The molecule has 0 unspecified atom stereocenters. The number of phenolic OH excluding ortho intramolecular Hbond substituents is 2. The number of aromatic hydroxyl groups is 2. The van der Waals surface area contributed by atoms with Crippen LogP contribution >= 0.6 is 102 Å². The first-order chi connectivity index (χ1) is 23.5. The average molecular weight is 1180 g/mol. The molecule has 0 spiro atoms. The van der Waals surface area contributed by atoms with Gasteiger partial charge in [-0.05, 0) is 170 Å². The number of halogens is 5. The van der Waals surface area contributed by atoms with E-state index < -0.39 is 0 Å². The third-order valence-corrected chi connectivity index (χ3v) is 11.7. The number of hydrogen-bond donors (Lipinski definition) is 2. The van der Waals surface area contributed by atoms with Gasteiger partial charge in [-0.25, -0.2) is 0 Å². The number of alkyl halides is 1. The minimum atomic E-state index is 0. The zero-order chi connectivity index (χ0) is 36.6. The van der Waals surface area contributed by atoms with Crippen LogP contribution in [0.15, 0.2) is 36.4 Å². The molecule has 11 heteroatoms. The van der Waals surface area contributed by atoms with E-state index in [9.17, 15) is 0 Å². The van der Waals surface area contributed by atoms with Crippen molar-refractivity contribution in [2.45, 2.75) is 124 Å². The molecule has 3 aromatic carbocycles. The van der Waals surface area contributed by atoms with E-state index in [0.717, 1.165) is 55.3 Å². The molecule has 0 heterocycles. The summed E-state index contributed by atoms with van der Waals surface area (Å²) in [6.07, 6.45) is 15.8. The summed E-state index contributed by atoms with van der Waals surface area (Å²) in [5, 5.41) is 18.2. The smallest absolute Gasteiger partial charge is 0.133 e. The lowest BCUT2D eigenvalue weighted by Crippen LogP contribution is -2.06. The Hall–Kier alpha value is -0.170. The standard InChI is InChI=1S/C25H43ClO2.C8H8I2O.C6H4I2O2.CH4.H2O/c1-4-7-10-13-16-23-24(27-17-14-11-8-5-2)19-22(21-26)20-25(23)28-18-15-12-9-6-3;1-5-3-7(10)8(11-2)4-6(5)9;7-3-1-5(9)4(8)2-6(3)10;;/h19-20H,4-18,21H2,1-3H3;3-4H,1-2H3;1-2,9-10H;1H4;1H2. The van der Waals surface area contributed by atoms with Crippen molar-refractivity contribution in [2.24, 2.45) is 0 Å². The number of unbranched alkanes of at least 4 members (excludes halogenated alkanes) is 9. The third-order valence-electron chi connectivity index (χ3n) is 7.62. The number of rotatable bonds is 19. The number of hydrogen-bond acceptors (Lipinski definition) is 5. The summed E-state index contributed by atoms with van der Waals surface area (Å²) in [6, 6.07) is 11.5. The van der Waals surface area contributed by atoms with Crippen molar-refractivity contribution in [1.82, 2.24) is 0 Å². The molecule has 0 saturated heterocycles. The van der Waals surface area contributed by atoms with Crippen LogP contribution in [0.3, 0.4) is 0 Å². The Bertz CT molecular complexity index is 1270. The molecule has 292 valence electrons. The number of ether oxygens (including phenoxy) is 3. The summed E-state index contributed by atoms with van der Waals surface area (Å²) in [5.74, 6) is 3.87. The molecular formula is C40H61ClI4O6. The van der Waals surface area contributed by atoms with Crippen molar-refractivity contribution < 1.29 is 29.9 Å². The summed E-state index contributed by atoms with van der Waals surface area (Å²) in [4.78, 5) is 0. The monoisotopic (exact) mass is 1180 g/mol. The number of benzene rings is 3. The van der Waals surface area contributed by atoms with Gasteiger partial charge in [0.25, 0.3) is 0 Å². The quantitative estimate of drug-likeness (QED) is 0.0539. The molecule has 3 aromatic rings. The number of aryl methyl sites for hydroxylation is 1. The van der Waals surface area contributed by atoms with Crippen molar-refractivity contribution >= 4 is 102 Å². The minimum absolute atomic E-state index is 0. The molecule has 0 aliphatic carbocycles. The molecule has 0 saturated carbocycles. The van der Waals surface area contributed by atoms with Crippen LogP contribution in [0.2, 0.25) is 0 Å². The van der Waals surface area contributed by atoms with Gasteiger partial charge in [0.1, 0.15) is 28.7 Å². The largest absolute Gasteiger partial charge is 0.507 e. The molecule has 0 bridgehead atoms. The third kappa shape index (κ3) is 22.1. The van der Waals surface area contributed by atoms with Crippen molar-refractivity contribution in [1.29, 1.82) is 0 Å². The fraction of sp³-hybridized carbons (Fsp3) is 0.550. The second kappa shape index (κ2) is 32.1. The molecule has 0 aliphatic rings. The van der Waals surface area contributed by atoms with Gasteiger partial charge in [-0.3, -0.25) is 0 Å². The van der Waals surface area contributed by atoms with Gasteiger partial charge >= 0.3 is 0 Å². The maximum absolute atomic E-state index is 9.10. The van der Waals surface area contributed by atoms with E-state index in [1.165, 1.54) is 94.6 Å². The number of phenols is 2. The normalized spacial score (nSPS) is 10.1. The second-order valence-corrected chi connectivity index (χ2v) is 16.7. The van der Waals surface area contributed by atoms with Crippen molar-refractivity contribution in [3.63, 3.8) is 0 Å². The molecule has 0 radical (unpaired) electrons. The Morgan fingerprint density at radius 1 is 0.588 bits per heavy atom. The zero-order valence-corrected chi connectivity index (χ0v) is 39.7. The Balaban J connectivity index is 0. The topological polar surface area (TPSA) is 99.7 Å². The van der Waals surface area contributed by atoms with E-state index in [0.29, 0.717) is 13.0 Å².